The van der Waals surface area contributed by atoms with Crippen molar-refractivity contribution in [1.82, 2.24) is 10.6 Å². The zero-order valence-electron chi connectivity index (χ0n) is 10.7. The number of benzene rings is 1. The molecule has 1 unspecified atom stereocenters. The Morgan fingerprint density at radius 3 is 2.89 bits per heavy atom. The predicted molar refractivity (Wildman–Crippen MR) is 71.3 cm³/mol. The highest BCUT2D eigenvalue weighted by molar-refractivity contribution is 5.89. The van der Waals surface area contributed by atoms with Gasteiger partial charge >= 0.3 is 6.03 Å². The summed E-state index contributed by atoms with van der Waals surface area (Å²) in [5.74, 6) is 0.367. The molecule has 0 radical (unpaired) electrons. The summed E-state index contributed by atoms with van der Waals surface area (Å²) < 4.78 is 0. The van der Waals surface area contributed by atoms with Crippen LogP contribution in [-0.2, 0) is 0 Å². The summed E-state index contributed by atoms with van der Waals surface area (Å²) >= 11 is 0. The molecule has 96 valence electrons. The van der Waals surface area contributed by atoms with Crippen molar-refractivity contribution in [2.45, 2.75) is 6.92 Å². The maximum Gasteiger partial charge on any atom is 0.319 e. The number of nitrogens with zero attached hydrogens (tertiary/aromatic N) is 1. The van der Waals surface area contributed by atoms with Crippen LogP contribution in [0.1, 0.15) is 12.5 Å². The minimum atomic E-state index is -0.256. The maximum absolute atomic E-state index is 11.6. The van der Waals surface area contributed by atoms with Crippen LogP contribution in [0.15, 0.2) is 24.3 Å². The van der Waals surface area contributed by atoms with E-state index in [1.807, 2.05) is 20.0 Å². The van der Waals surface area contributed by atoms with E-state index >= 15 is 0 Å². The van der Waals surface area contributed by atoms with Crippen molar-refractivity contribution >= 4 is 11.7 Å². The molecule has 0 aliphatic rings. The fourth-order valence-corrected chi connectivity index (χ4v) is 1.53. The SMILES string of the molecule is CNCC(C)CNC(=O)Nc1cccc(C#N)c1. The second-order valence-electron chi connectivity index (χ2n) is 4.19. The Labute approximate surface area is 107 Å². The lowest BCUT2D eigenvalue weighted by molar-refractivity contribution is 0.250. The molecule has 1 atom stereocenters. The normalized spacial score (nSPS) is 11.4. The van der Waals surface area contributed by atoms with Gasteiger partial charge in [0.15, 0.2) is 0 Å². The first kappa shape index (κ1) is 14.0. The molecule has 0 saturated carbocycles. The smallest absolute Gasteiger partial charge is 0.319 e. The van der Waals surface area contributed by atoms with Gasteiger partial charge in [0, 0.05) is 12.2 Å². The van der Waals surface area contributed by atoms with Crippen molar-refractivity contribution in [1.29, 1.82) is 5.26 Å². The molecule has 0 spiro atoms. The van der Waals surface area contributed by atoms with Crippen LogP contribution in [0.4, 0.5) is 10.5 Å². The highest BCUT2D eigenvalue weighted by Crippen LogP contribution is 2.09. The number of hydrogen-bond acceptors (Lipinski definition) is 3. The van der Waals surface area contributed by atoms with Crippen molar-refractivity contribution < 1.29 is 4.79 Å². The van der Waals surface area contributed by atoms with Crippen molar-refractivity contribution in [2.24, 2.45) is 5.92 Å². The largest absolute Gasteiger partial charge is 0.338 e. The van der Waals surface area contributed by atoms with E-state index in [1.165, 1.54) is 0 Å². The Hall–Kier alpha value is -2.06. The highest BCUT2D eigenvalue weighted by atomic mass is 16.2. The fraction of sp³-hybridized carbons (Fsp3) is 0.385. The molecule has 2 amide bonds. The minimum Gasteiger partial charge on any atom is -0.338 e. The van der Waals surface area contributed by atoms with E-state index in [2.05, 4.69) is 16.0 Å². The van der Waals surface area contributed by atoms with E-state index in [0.29, 0.717) is 23.7 Å². The summed E-state index contributed by atoms with van der Waals surface area (Å²) in [7, 11) is 1.88. The van der Waals surface area contributed by atoms with Crippen molar-refractivity contribution in [3.05, 3.63) is 29.8 Å². The molecular weight excluding hydrogens is 228 g/mol. The summed E-state index contributed by atoms with van der Waals surface area (Å²) in [6, 6.07) is 8.58. The summed E-state index contributed by atoms with van der Waals surface area (Å²) in [6.07, 6.45) is 0. The van der Waals surface area contributed by atoms with Crippen LogP contribution in [0.25, 0.3) is 0 Å². The number of carbonyl (C=O) groups excluding carboxylic acids is 1. The summed E-state index contributed by atoms with van der Waals surface area (Å²) in [6.45, 7) is 3.50. The van der Waals surface area contributed by atoms with Crippen LogP contribution >= 0.6 is 0 Å². The Kier molecular flexibility index (Phi) is 5.68. The van der Waals surface area contributed by atoms with Crippen LogP contribution in [-0.4, -0.2) is 26.2 Å². The van der Waals surface area contributed by atoms with Gasteiger partial charge in [-0.15, -0.1) is 0 Å². The highest BCUT2D eigenvalue weighted by Gasteiger charge is 2.05. The van der Waals surface area contributed by atoms with E-state index in [0.717, 1.165) is 6.54 Å². The van der Waals surface area contributed by atoms with Crippen molar-refractivity contribution in [3.8, 4) is 6.07 Å². The molecule has 0 aliphatic carbocycles. The second-order valence-corrected chi connectivity index (χ2v) is 4.19. The van der Waals surface area contributed by atoms with Gasteiger partial charge in [-0.25, -0.2) is 4.79 Å². The number of nitrogens with one attached hydrogen (secondary N) is 3. The summed E-state index contributed by atoms with van der Waals surface area (Å²) in [5, 5.41) is 17.3. The molecule has 0 heterocycles. The lowest BCUT2D eigenvalue weighted by Gasteiger charge is -2.12. The molecule has 0 bridgehead atoms. The third kappa shape index (κ3) is 4.85. The molecule has 1 aromatic rings. The van der Waals surface area contributed by atoms with Gasteiger partial charge in [-0.2, -0.15) is 5.26 Å². The Morgan fingerprint density at radius 1 is 1.44 bits per heavy atom. The van der Waals surface area contributed by atoms with Crippen LogP contribution in [0.5, 0.6) is 0 Å². The van der Waals surface area contributed by atoms with Crippen LogP contribution in [0, 0.1) is 17.2 Å². The van der Waals surface area contributed by atoms with Gasteiger partial charge in [-0.1, -0.05) is 13.0 Å². The number of carbonyl (C=O) groups is 1. The van der Waals surface area contributed by atoms with E-state index in [9.17, 15) is 4.79 Å². The molecule has 18 heavy (non-hydrogen) atoms. The number of rotatable bonds is 5. The number of anilines is 1. The molecule has 0 fully saturated rings. The van der Waals surface area contributed by atoms with Gasteiger partial charge < -0.3 is 16.0 Å². The molecule has 1 rings (SSSR count). The quantitative estimate of drug-likeness (QED) is 0.737. The number of hydrogen-bond donors (Lipinski definition) is 3. The first-order valence-electron chi connectivity index (χ1n) is 5.85. The number of urea groups is 1. The summed E-state index contributed by atoms with van der Waals surface area (Å²) in [4.78, 5) is 11.6. The molecule has 0 saturated heterocycles. The summed E-state index contributed by atoms with van der Waals surface area (Å²) in [5.41, 5.74) is 1.14. The van der Waals surface area contributed by atoms with Gasteiger partial charge in [-0.05, 0) is 37.7 Å². The fourth-order valence-electron chi connectivity index (χ4n) is 1.53. The zero-order valence-corrected chi connectivity index (χ0v) is 10.7. The van der Waals surface area contributed by atoms with E-state index in [4.69, 9.17) is 5.26 Å². The lowest BCUT2D eigenvalue weighted by Crippen LogP contribution is -2.35. The Morgan fingerprint density at radius 2 is 2.22 bits per heavy atom. The van der Waals surface area contributed by atoms with Crippen LogP contribution < -0.4 is 16.0 Å². The average molecular weight is 246 g/mol. The van der Waals surface area contributed by atoms with Crippen LogP contribution in [0.2, 0.25) is 0 Å². The van der Waals surface area contributed by atoms with E-state index in [1.54, 1.807) is 24.3 Å². The predicted octanol–water partition coefficient (Wildman–Crippen LogP) is 1.54. The molecule has 3 N–H and O–H groups in total. The molecule has 0 aromatic heterocycles. The first-order chi connectivity index (χ1) is 8.65. The van der Waals surface area contributed by atoms with Crippen molar-refractivity contribution in [2.75, 3.05) is 25.5 Å². The number of nitriles is 1. The molecule has 5 heteroatoms. The first-order valence-corrected chi connectivity index (χ1v) is 5.85. The molecule has 5 nitrogen and oxygen atoms in total. The van der Waals surface area contributed by atoms with E-state index in [-0.39, 0.29) is 6.03 Å². The number of amides is 2. The molecule has 0 aliphatic heterocycles. The van der Waals surface area contributed by atoms with E-state index < -0.39 is 0 Å². The Bertz CT molecular complexity index is 439. The standard InChI is InChI=1S/C13H18N4O/c1-10(8-15-2)9-16-13(18)17-12-5-3-4-11(6-12)7-14/h3-6,10,15H,8-9H2,1-2H3,(H2,16,17,18). The zero-order chi connectivity index (χ0) is 13.4. The van der Waals surface area contributed by atoms with Gasteiger partial charge in [0.1, 0.15) is 0 Å². The third-order valence-corrected chi connectivity index (χ3v) is 2.41. The van der Waals surface area contributed by atoms with Gasteiger partial charge in [-0.3, -0.25) is 0 Å². The molecule has 1 aromatic carbocycles. The van der Waals surface area contributed by atoms with Crippen LogP contribution in [0.3, 0.4) is 0 Å². The monoisotopic (exact) mass is 246 g/mol. The Balaban J connectivity index is 2.42. The maximum atomic E-state index is 11.6. The lowest BCUT2D eigenvalue weighted by atomic mass is 10.2. The topological polar surface area (TPSA) is 76.9 Å². The van der Waals surface area contributed by atoms with Gasteiger partial charge in [0.25, 0.3) is 0 Å². The minimum absolute atomic E-state index is 0.256. The second kappa shape index (κ2) is 7.30. The van der Waals surface area contributed by atoms with Crippen molar-refractivity contribution in [3.63, 3.8) is 0 Å². The van der Waals surface area contributed by atoms with Gasteiger partial charge in [0.05, 0.1) is 11.6 Å². The average Bonchev–Trinajstić information content (AvgIpc) is 2.37. The van der Waals surface area contributed by atoms with Gasteiger partial charge in [0.2, 0.25) is 0 Å². The molecular formula is C13H18N4O. The third-order valence-electron chi connectivity index (χ3n) is 2.41.